The Labute approximate surface area is 138 Å². The molecule has 24 heavy (non-hydrogen) atoms. The highest BCUT2D eigenvalue weighted by atomic mass is 31.2. The highest BCUT2D eigenvalue weighted by molar-refractivity contribution is 7.45. The number of hydrogen-bond donors (Lipinski definition) is 3. The number of aromatic amines is 1. The van der Waals surface area contributed by atoms with E-state index in [-0.39, 0.29) is 5.56 Å². The summed E-state index contributed by atoms with van der Waals surface area (Å²) in [6.45, 7) is 0. The van der Waals surface area contributed by atoms with Crippen LogP contribution in [0.15, 0.2) is 41.3 Å². The van der Waals surface area contributed by atoms with Gasteiger partial charge in [0.05, 0.1) is 24.4 Å². The molecule has 0 spiro atoms. The molecule has 3 aromatic rings. The molecule has 0 unspecified atom stereocenters. The van der Waals surface area contributed by atoms with Crippen molar-refractivity contribution in [1.29, 1.82) is 0 Å². The van der Waals surface area contributed by atoms with Gasteiger partial charge in [-0.25, -0.2) is 10.1 Å². The smallest absolute Gasteiger partial charge is 0.274 e. The van der Waals surface area contributed by atoms with Crippen LogP contribution in [0.1, 0.15) is 5.56 Å². The standard InChI is InChI=1S/C16H16N3O4P/c1-23-13-8-12-9-17-19-16(20)14(12)15(18-13)11-4-2-10(3-5-11)6-7-24(21)22/h2-5,8-9,21-22H,6-7H2,1H3,(H,19,20). The van der Waals surface area contributed by atoms with Gasteiger partial charge in [-0.2, -0.15) is 5.10 Å². The van der Waals surface area contributed by atoms with Crippen molar-refractivity contribution in [2.24, 2.45) is 0 Å². The summed E-state index contributed by atoms with van der Waals surface area (Å²) < 4.78 is 5.21. The lowest BCUT2D eigenvalue weighted by Crippen LogP contribution is -2.10. The van der Waals surface area contributed by atoms with Crippen molar-refractivity contribution in [3.8, 4) is 17.1 Å². The van der Waals surface area contributed by atoms with E-state index >= 15 is 0 Å². The summed E-state index contributed by atoms with van der Waals surface area (Å²) in [6.07, 6.45) is 2.47. The molecule has 0 amide bonds. The maximum absolute atomic E-state index is 12.2. The van der Waals surface area contributed by atoms with Crippen molar-refractivity contribution >= 4 is 19.1 Å². The predicted octanol–water partition coefficient (Wildman–Crippen LogP) is 1.83. The molecule has 0 saturated carbocycles. The molecule has 0 radical (unpaired) electrons. The molecule has 0 aliphatic rings. The van der Waals surface area contributed by atoms with Crippen LogP contribution in [0.25, 0.3) is 22.0 Å². The number of hydrogen-bond acceptors (Lipinski definition) is 6. The first-order valence-corrected chi connectivity index (χ1v) is 8.69. The summed E-state index contributed by atoms with van der Waals surface area (Å²) in [5, 5.41) is 7.34. The second kappa shape index (κ2) is 7.05. The third-order valence-electron chi connectivity index (χ3n) is 3.66. The van der Waals surface area contributed by atoms with E-state index in [0.717, 1.165) is 11.1 Å². The van der Waals surface area contributed by atoms with E-state index in [2.05, 4.69) is 15.2 Å². The van der Waals surface area contributed by atoms with Gasteiger partial charge in [-0.1, -0.05) is 24.3 Å². The molecular weight excluding hydrogens is 329 g/mol. The van der Waals surface area contributed by atoms with Crippen LogP contribution in [-0.2, 0) is 6.42 Å². The van der Waals surface area contributed by atoms with Gasteiger partial charge in [0.2, 0.25) is 5.88 Å². The van der Waals surface area contributed by atoms with Crippen LogP contribution in [-0.4, -0.2) is 38.2 Å². The number of aromatic nitrogens is 3. The second-order valence-corrected chi connectivity index (χ2v) is 6.41. The second-order valence-electron chi connectivity index (χ2n) is 5.22. The Morgan fingerprint density at radius 2 is 2.00 bits per heavy atom. The Hall–Kier alpha value is -2.34. The fourth-order valence-corrected chi connectivity index (χ4v) is 2.93. The van der Waals surface area contributed by atoms with Crippen molar-refractivity contribution < 1.29 is 14.5 Å². The van der Waals surface area contributed by atoms with Crippen molar-refractivity contribution in [3.05, 3.63) is 52.4 Å². The molecule has 8 heteroatoms. The summed E-state index contributed by atoms with van der Waals surface area (Å²) in [4.78, 5) is 34.6. The first kappa shape index (κ1) is 16.5. The Morgan fingerprint density at radius 1 is 1.25 bits per heavy atom. The predicted molar refractivity (Wildman–Crippen MR) is 92.1 cm³/mol. The molecule has 0 atom stereocenters. The van der Waals surface area contributed by atoms with Crippen LogP contribution in [0.5, 0.6) is 5.88 Å². The van der Waals surface area contributed by atoms with Gasteiger partial charge in [-0.05, 0) is 12.0 Å². The fraction of sp³-hybridized carbons (Fsp3) is 0.188. The molecule has 0 aliphatic heterocycles. The molecule has 1 aromatic carbocycles. The zero-order chi connectivity index (χ0) is 17.1. The number of pyridine rings is 1. The Balaban J connectivity index is 2.06. The summed E-state index contributed by atoms with van der Waals surface area (Å²) >= 11 is 0. The molecule has 7 nitrogen and oxygen atoms in total. The number of fused-ring (bicyclic) bond motifs is 1. The fourth-order valence-electron chi connectivity index (χ4n) is 2.47. The van der Waals surface area contributed by atoms with Crippen molar-refractivity contribution in [1.82, 2.24) is 15.2 Å². The summed E-state index contributed by atoms with van der Waals surface area (Å²) in [7, 11) is -0.374. The van der Waals surface area contributed by atoms with Gasteiger partial charge in [0.25, 0.3) is 5.56 Å². The molecular formula is C16H16N3O4P. The van der Waals surface area contributed by atoms with E-state index in [4.69, 9.17) is 14.5 Å². The van der Waals surface area contributed by atoms with E-state index in [9.17, 15) is 4.79 Å². The minimum atomic E-state index is -1.89. The van der Waals surface area contributed by atoms with Crippen molar-refractivity contribution in [3.63, 3.8) is 0 Å². The number of methoxy groups -OCH3 is 1. The number of H-pyrrole nitrogens is 1. The van der Waals surface area contributed by atoms with Gasteiger partial charge >= 0.3 is 0 Å². The summed E-state index contributed by atoms with van der Waals surface area (Å²) in [5.74, 6) is 0.403. The highest BCUT2D eigenvalue weighted by Gasteiger charge is 2.12. The maximum Gasteiger partial charge on any atom is 0.274 e. The molecule has 0 saturated heterocycles. The number of nitrogens with one attached hydrogen (secondary N) is 1. The molecule has 0 fully saturated rings. The average Bonchev–Trinajstić information content (AvgIpc) is 2.59. The largest absolute Gasteiger partial charge is 0.481 e. The van der Waals surface area contributed by atoms with Crippen LogP contribution in [0.3, 0.4) is 0 Å². The van der Waals surface area contributed by atoms with Crippen molar-refractivity contribution in [2.45, 2.75) is 6.42 Å². The van der Waals surface area contributed by atoms with E-state index in [1.54, 1.807) is 12.3 Å². The van der Waals surface area contributed by atoms with Crippen LogP contribution < -0.4 is 10.3 Å². The Bertz CT molecular complexity index is 909. The zero-order valence-electron chi connectivity index (χ0n) is 12.9. The van der Waals surface area contributed by atoms with E-state index < -0.39 is 8.38 Å². The maximum atomic E-state index is 12.2. The zero-order valence-corrected chi connectivity index (χ0v) is 13.8. The average molecular weight is 345 g/mol. The van der Waals surface area contributed by atoms with Crippen LogP contribution in [0.2, 0.25) is 0 Å². The molecule has 2 heterocycles. The third kappa shape index (κ3) is 3.43. The SMILES string of the molecule is COc1cc2cn[nH]c(=O)c2c(-c2ccc(CCP(O)O)cc2)n1. The molecule has 0 aliphatic carbocycles. The van der Waals surface area contributed by atoms with Gasteiger partial charge in [0.15, 0.2) is 8.38 Å². The number of rotatable bonds is 5. The quantitative estimate of drug-likeness (QED) is 0.609. The van der Waals surface area contributed by atoms with Crippen LogP contribution >= 0.6 is 8.38 Å². The van der Waals surface area contributed by atoms with E-state index in [0.29, 0.717) is 34.9 Å². The van der Waals surface area contributed by atoms with E-state index in [1.807, 2.05) is 24.3 Å². The molecule has 3 N–H and O–H groups in total. The van der Waals surface area contributed by atoms with Crippen LogP contribution in [0.4, 0.5) is 0 Å². The van der Waals surface area contributed by atoms with Crippen molar-refractivity contribution in [2.75, 3.05) is 13.3 Å². The minimum absolute atomic E-state index is 0.312. The van der Waals surface area contributed by atoms with Gasteiger partial charge in [-0.15, -0.1) is 0 Å². The van der Waals surface area contributed by atoms with Gasteiger partial charge < -0.3 is 14.5 Å². The lowest BCUT2D eigenvalue weighted by molar-refractivity contribution is 0.399. The summed E-state index contributed by atoms with van der Waals surface area (Å²) in [6, 6.07) is 9.15. The van der Waals surface area contributed by atoms with E-state index in [1.165, 1.54) is 7.11 Å². The third-order valence-corrected chi connectivity index (χ3v) is 4.28. The van der Waals surface area contributed by atoms with Gasteiger partial charge in [0, 0.05) is 23.2 Å². The highest BCUT2D eigenvalue weighted by Crippen LogP contribution is 2.28. The molecule has 3 rings (SSSR count). The molecule has 124 valence electrons. The minimum Gasteiger partial charge on any atom is -0.481 e. The molecule has 2 aromatic heterocycles. The monoisotopic (exact) mass is 345 g/mol. The topological polar surface area (TPSA) is 108 Å². The lowest BCUT2D eigenvalue weighted by atomic mass is 10.0. The van der Waals surface area contributed by atoms with Gasteiger partial charge in [0.1, 0.15) is 0 Å². The number of nitrogens with zero attached hydrogens (tertiary/aromatic N) is 2. The lowest BCUT2D eigenvalue weighted by Gasteiger charge is -2.09. The first-order valence-electron chi connectivity index (χ1n) is 7.25. The van der Waals surface area contributed by atoms with Gasteiger partial charge in [-0.3, -0.25) is 4.79 Å². The molecule has 0 bridgehead atoms. The first-order chi connectivity index (χ1) is 11.6. The summed E-state index contributed by atoms with van der Waals surface area (Å²) in [5.41, 5.74) is 1.96. The Kier molecular flexibility index (Phi) is 4.85. The Morgan fingerprint density at radius 3 is 2.67 bits per heavy atom. The van der Waals surface area contributed by atoms with Crippen LogP contribution in [0, 0.1) is 0 Å². The number of ether oxygens (including phenoxy) is 1. The number of aryl methyl sites for hydroxylation is 1. The normalized spacial score (nSPS) is 11.2. The number of benzene rings is 1.